The third kappa shape index (κ3) is 4.35. The molecule has 0 amide bonds. The topological polar surface area (TPSA) is 40.6 Å². The highest BCUT2D eigenvalue weighted by atomic mass is 32.2. The van der Waals surface area contributed by atoms with E-state index < -0.39 is 10.0 Å². The number of fused-ring (bicyclic) bond motifs is 1. The summed E-state index contributed by atoms with van der Waals surface area (Å²) >= 11 is 0. The lowest BCUT2D eigenvalue weighted by molar-refractivity contribution is -0.0213. The molecule has 2 heterocycles. The van der Waals surface area contributed by atoms with Crippen molar-refractivity contribution in [2.24, 2.45) is 0 Å². The first-order chi connectivity index (χ1) is 16.8. The van der Waals surface area contributed by atoms with Gasteiger partial charge in [0.25, 0.3) is 0 Å². The Hall–Kier alpha value is -2.47. The van der Waals surface area contributed by atoms with Gasteiger partial charge in [-0.25, -0.2) is 8.42 Å². The van der Waals surface area contributed by atoms with E-state index in [2.05, 4.69) is 68.1 Å². The molecule has 0 radical (unpaired) electrons. The maximum Gasteiger partial charge on any atom is 0.243 e. The molecule has 3 atom stereocenters. The molecular formula is C30H36N2O2S. The van der Waals surface area contributed by atoms with Crippen LogP contribution in [0.5, 0.6) is 0 Å². The SMILES string of the molecule is Cc1ccccc1S(=O)(=O)N1CCCCN2C(C)C(c3ccc(-c4cccc(C)c4C)cc3)C2C1. The maximum absolute atomic E-state index is 13.6. The monoisotopic (exact) mass is 488 g/mol. The molecule has 3 aromatic carbocycles. The molecule has 3 aromatic rings. The lowest BCUT2D eigenvalue weighted by Gasteiger charge is -2.56. The Morgan fingerprint density at radius 1 is 0.800 bits per heavy atom. The molecule has 0 aromatic heterocycles. The van der Waals surface area contributed by atoms with Gasteiger partial charge in [-0.1, -0.05) is 60.7 Å². The van der Waals surface area contributed by atoms with E-state index in [1.165, 1.54) is 27.8 Å². The first-order valence-electron chi connectivity index (χ1n) is 12.8. The molecule has 0 N–H and O–H groups in total. The van der Waals surface area contributed by atoms with Gasteiger partial charge in [0.2, 0.25) is 10.0 Å². The summed E-state index contributed by atoms with van der Waals surface area (Å²) in [6.45, 7) is 10.7. The van der Waals surface area contributed by atoms with Crippen molar-refractivity contribution in [2.45, 2.75) is 63.4 Å². The lowest BCUT2D eigenvalue weighted by Crippen LogP contribution is -2.65. The molecule has 0 aliphatic carbocycles. The fourth-order valence-electron chi connectivity index (χ4n) is 6.06. The Morgan fingerprint density at radius 2 is 1.49 bits per heavy atom. The van der Waals surface area contributed by atoms with E-state index >= 15 is 0 Å². The fourth-order valence-corrected chi connectivity index (χ4v) is 7.78. The number of rotatable bonds is 4. The minimum atomic E-state index is -3.52. The average Bonchev–Trinajstić information content (AvgIpc) is 2.83. The molecule has 4 nitrogen and oxygen atoms in total. The van der Waals surface area contributed by atoms with Crippen molar-refractivity contribution in [2.75, 3.05) is 19.6 Å². The van der Waals surface area contributed by atoms with Crippen LogP contribution in [0.2, 0.25) is 0 Å². The number of hydrogen-bond donors (Lipinski definition) is 0. The molecule has 2 aliphatic heterocycles. The molecule has 5 rings (SSSR count). The van der Waals surface area contributed by atoms with Gasteiger partial charge in [0.1, 0.15) is 0 Å². The summed E-state index contributed by atoms with van der Waals surface area (Å²) in [7, 11) is -3.52. The van der Waals surface area contributed by atoms with E-state index in [1.54, 1.807) is 10.4 Å². The summed E-state index contributed by atoms with van der Waals surface area (Å²) in [6.07, 6.45) is 1.93. The lowest BCUT2D eigenvalue weighted by atomic mass is 9.75. The van der Waals surface area contributed by atoms with Crippen molar-refractivity contribution in [1.82, 2.24) is 9.21 Å². The number of aryl methyl sites for hydroxylation is 2. The van der Waals surface area contributed by atoms with Crippen LogP contribution in [-0.2, 0) is 10.0 Å². The van der Waals surface area contributed by atoms with Gasteiger partial charge in [0.05, 0.1) is 4.90 Å². The van der Waals surface area contributed by atoms with Gasteiger partial charge in [0.15, 0.2) is 0 Å². The predicted molar refractivity (Wildman–Crippen MR) is 143 cm³/mol. The third-order valence-electron chi connectivity index (χ3n) is 8.27. The molecule has 2 aliphatic rings. The number of benzene rings is 3. The largest absolute Gasteiger partial charge is 0.295 e. The van der Waals surface area contributed by atoms with Crippen LogP contribution < -0.4 is 0 Å². The van der Waals surface area contributed by atoms with Gasteiger partial charge >= 0.3 is 0 Å². The zero-order valence-corrected chi connectivity index (χ0v) is 22.1. The fraction of sp³-hybridized carbons (Fsp3) is 0.400. The van der Waals surface area contributed by atoms with E-state index in [0.29, 0.717) is 29.9 Å². The molecule has 3 unspecified atom stereocenters. The summed E-state index contributed by atoms with van der Waals surface area (Å²) in [5, 5.41) is 0. The number of sulfonamides is 1. The van der Waals surface area contributed by atoms with Crippen LogP contribution in [0.15, 0.2) is 71.6 Å². The van der Waals surface area contributed by atoms with E-state index in [1.807, 2.05) is 25.1 Å². The Kier molecular flexibility index (Phi) is 6.60. The van der Waals surface area contributed by atoms with E-state index in [0.717, 1.165) is 24.9 Å². The first kappa shape index (κ1) is 24.2. The van der Waals surface area contributed by atoms with Gasteiger partial charge in [0, 0.05) is 31.1 Å². The van der Waals surface area contributed by atoms with Gasteiger partial charge in [-0.3, -0.25) is 4.90 Å². The van der Waals surface area contributed by atoms with Gasteiger partial charge in [-0.05, 0) is 86.5 Å². The zero-order chi connectivity index (χ0) is 24.7. The summed E-state index contributed by atoms with van der Waals surface area (Å²) in [4.78, 5) is 2.96. The summed E-state index contributed by atoms with van der Waals surface area (Å²) in [6, 6.07) is 23.4. The first-order valence-corrected chi connectivity index (χ1v) is 14.2. The average molecular weight is 489 g/mol. The summed E-state index contributed by atoms with van der Waals surface area (Å²) < 4.78 is 29.0. The predicted octanol–water partition coefficient (Wildman–Crippen LogP) is 5.92. The van der Waals surface area contributed by atoms with Crippen molar-refractivity contribution in [3.05, 3.63) is 89.0 Å². The van der Waals surface area contributed by atoms with Crippen LogP contribution in [-0.4, -0.2) is 49.3 Å². The Bertz CT molecular complexity index is 1320. The maximum atomic E-state index is 13.6. The summed E-state index contributed by atoms with van der Waals surface area (Å²) in [5.74, 6) is 0.329. The highest BCUT2D eigenvalue weighted by molar-refractivity contribution is 7.89. The van der Waals surface area contributed by atoms with Crippen LogP contribution >= 0.6 is 0 Å². The third-order valence-corrected chi connectivity index (χ3v) is 10.3. The zero-order valence-electron chi connectivity index (χ0n) is 21.2. The van der Waals surface area contributed by atoms with Gasteiger partial charge in [-0.15, -0.1) is 0 Å². The smallest absolute Gasteiger partial charge is 0.243 e. The molecular weight excluding hydrogens is 452 g/mol. The van der Waals surface area contributed by atoms with Crippen molar-refractivity contribution in [3.63, 3.8) is 0 Å². The molecule has 184 valence electrons. The van der Waals surface area contributed by atoms with Crippen LogP contribution in [0.25, 0.3) is 11.1 Å². The van der Waals surface area contributed by atoms with Crippen molar-refractivity contribution in [1.29, 1.82) is 0 Å². The summed E-state index contributed by atoms with van der Waals surface area (Å²) in [5.41, 5.74) is 7.26. The van der Waals surface area contributed by atoms with Gasteiger partial charge in [-0.2, -0.15) is 4.31 Å². The van der Waals surface area contributed by atoms with E-state index in [4.69, 9.17) is 0 Å². The molecule has 35 heavy (non-hydrogen) atoms. The molecule has 5 heteroatoms. The second-order valence-electron chi connectivity index (χ2n) is 10.3. The Morgan fingerprint density at radius 3 is 2.23 bits per heavy atom. The second kappa shape index (κ2) is 9.53. The molecule has 0 spiro atoms. The molecule has 2 fully saturated rings. The number of hydrogen-bond acceptors (Lipinski definition) is 3. The van der Waals surface area contributed by atoms with Crippen LogP contribution in [0.4, 0.5) is 0 Å². The van der Waals surface area contributed by atoms with E-state index in [-0.39, 0.29) is 6.04 Å². The minimum absolute atomic E-state index is 0.204. The molecule has 2 saturated heterocycles. The minimum Gasteiger partial charge on any atom is -0.295 e. The van der Waals surface area contributed by atoms with Crippen molar-refractivity contribution in [3.8, 4) is 11.1 Å². The molecule has 0 bridgehead atoms. The molecule has 0 saturated carbocycles. The van der Waals surface area contributed by atoms with E-state index in [9.17, 15) is 8.42 Å². The Labute approximate surface area is 210 Å². The van der Waals surface area contributed by atoms with Crippen LogP contribution in [0.1, 0.15) is 47.9 Å². The highest BCUT2D eigenvalue weighted by Crippen LogP contribution is 2.43. The van der Waals surface area contributed by atoms with Crippen molar-refractivity contribution >= 4 is 10.0 Å². The normalized spacial score (nSPS) is 23.7. The standard InChI is InChI=1S/C30H36N2O2S/c1-21-11-9-12-27(23(21)3)25-14-16-26(17-15-25)30-24(4)32-19-8-7-18-31(20-28(30)32)35(33,34)29-13-6-5-10-22(29)2/h5-6,9-17,24,28,30H,7-8,18-20H2,1-4H3. The highest BCUT2D eigenvalue weighted by Gasteiger charge is 2.48. The van der Waals surface area contributed by atoms with Crippen LogP contribution in [0.3, 0.4) is 0 Å². The van der Waals surface area contributed by atoms with Crippen molar-refractivity contribution < 1.29 is 8.42 Å². The second-order valence-corrected chi connectivity index (χ2v) is 12.2. The van der Waals surface area contributed by atoms with Gasteiger partial charge < -0.3 is 0 Å². The quantitative estimate of drug-likeness (QED) is 0.458. The Balaban J connectivity index is 1.42. The van der Waals surface area contributed by atoms with Crippen LogP contribution in [0, 0.1) is 20.8 Å². The number of nitrogens with zero attached hydrogens (tertiary/aromatic N) is 2.